The highest BCUT2D eigenvalue weighted by atomic mass is 32.1. The van der Waals surface area contributed by atoms with Crippen molar-refractivity contribution in [2.75, 3.05) is 24.3 Å². The van der Waals surface area contributed by atoms with Crippen LogP contribution in [0, 0.1) is 10.1 Å². The zero-order chi connectivity index (χ0) is 21.3. The highest BCUT2D eigenvalue weighted by Gasteiger charge is 2.34. The number of anilines is 2. The van der Waals surface area contributed by atoms with Gasteiger partial charge in [0.2, 0.25) is 0 Å². The number of hydrogen-bond donors (Lipinski definition) is 1. The molecule has 0 bridgehead atoms. The number of hydrogen-bond acceptors (Lipinski definition) is 7. The Morgan fingerprint density at radius 2 is 1.86 bits per heavy atom. The summed E-state index contributed by atoms with van der Waals surface area (Å²) in [6.45, 7) is 0.288. The van der Waals surface area contributed by atoms with Crippen molar-refractivity contribution >= 4 is 37.9 Å². The molecule has 0 aliphatic carbocycles. The molecule has 0 unspecified atom stereocenters. The number of nitro benzene ring substituents is 1. The van der Waals surface area contributed by atoms with E-state index >= 15 is 0 Å². The summed E-state index contributed by atoms with van der Waals surface area (Å²) in [7, 11) is 3.81. The molecule has 0 aliphatic rings. The molecule has 11 heteroatoms. The Morgan fingerprint density at radius 3 is 2.41 bits per heavy atom. The minimum atomic E-state index is -4.81. The summed E-state index contributed by atoms with van der Waals surface area (Å²) in [5.41, 5.74) is -1.13. The summed E-state index contributed by atoms with van der Waals surface area (Å²) in [5, 5.41) is 13.8. The van der Waals surface area contributed by atoms with Gasteiger partial charge in [0.1, 0.15) is 4.70 Å². The Balaban J connectivity index is 1.97. The third-order valence-corrected chi connectivity index (χ3v) is 5.18. The van der Waals surface area contributed by atoms with Crippen LogP contribution < -0.4 is 15.8 Å². The Hall–Kier alpha value is -3.21. The summed E-state index contributed by atoms with van der Waals surface area (Å²) in [6, 6.07) is 8.56. The van der Waals surface area contributed by atoms with Crippen LogP contribution in [0.3, 0.4) is 0 Å². The van der Waals surface area contributed by atoms with E-state index in [1.807, 2.05) is 43.3 Å². The lowest BCUT2D eigenvalue weighted by Crippen LogP contribution is -2.13. The van der Waals surface area contributed by atoms with Crippen molar-refractivity contribution < 1.29 is 18.1 Å². The molecule has 3 rings (SSSR count). The van der Waals surface area contributed by atoms with Gasteiger partial charge in [-0.15, -0.1) is 0 Å². The molecule has 0 aliphatic heterocycles. The minimum Gasteiger partial charge on any atom is -0.378 e. The molecular weight excluding hydrogens is 409 g/mol. The highest BCUT2D eigenvalue weighted by Crippen LogP contribution is 2.37. The van der Waals surface area contributed by atoms with E-state index in [4.69, 9.17) is 0 Å². The van der Waals surface area contributed by atoms with Crippen LogP contribution in [0.25, 0.3) is 10.1 Å². The molecule has 0 fully saturated rings. The number of alkyl halides is 3. The van der Waals surface area contributed by atoms with E-state index in [2.05, 4.69) is 10.3 Å². The van der Waals surface area contributed by atoms with Crippen LogP contribution in [-0.2, 0) is 12.7 Å². The topological polar surface area (TPSA) is 88.4 Å². The maximum absolute atomic E-state index is 13.0. The number of nitro groups is 1. The summed E-state index contributed by atoms with van der Waals surface area (Å²) in [5.74, 6) is 0. The van der Waals surface area contributed by atoms with Gasteiger partial charge in [-0.3, -0.25) is 14.9 Å². The molecule has 1 N–H and O–H groups in total. The van der Waals surface area contributed by atoms with E-state index in [0.717, 1.165) is 22.6 Å². The van der Waals surface area contributed by atoms with Gasteiger partial charge in [0.25, 0.3) is 11.2 Å². The summed E-state index contributed by atoms with van der Waals surface area (Å²) in [6.07, 6.45) is -4.81. The predicted molar refractivity (Wildman–Crippen MR) is 106 cm³/mol. The van der Waals surface area contributed by atoms with Gasteiger partial charge >= 0.3 is 6.18 Å². The molecule has 0 saturated heterocycles. The largest absolute Gasteiger partial charge is 0.416 e. The average molecular weight is 424 g/mol. The molecule has 0 atom stereocenters. The van der Waals surface area contributed by atoms with Gasteiger partial charge in [0.05, 0.1) is 15.9 Å². The Kier molecular flexibility index (Phi) is 5.42. The first kappa shape index (κ1) is 20.5. The maximum Gasteiger partial charge on any atom is 0.416 e. The molecule has 152 valence electrons. The van der Waals surface area contributed by atoms with E-state index in [-0.39, 0.29) is 16.4 Å². The van der Waals surface area contributed by atoms with Crippen molar-refractivity contribution in [1.29, 1.82) is 0 Å². The van der Waals surface area contributed by atoms with Crippen molar-refractivity contribution in [3.8, 4) is 0 Å². The third-order valence-electron chi connectivity index (χ3n) is 4.12. The zero-order valence-corrected chi connectivity index (χ0v) is 16.1. The van der Waals surface area contributed by atoms with E-state index < -0.39 is 33.3 Å². The molecule has 1 aromatic heterocycles. The van der Waals surface area contributed by atoms with Crippen LogP contribution in [0.15, 0.2) is 41.2 Å². The number of rotatable bonds is 5. The van der Waals surface area contributed by atoms with Crippen molar-refractivity contribution in [3.63, 3.8) is 0 Å². The van der Waals surface area contributed by atoms with Crippen LogP contribution in [-0.4, -0.2) is 24.0 Å². The van der Waals surface area contributed by atoms with Crippen LogP contribution in [0.5, 0.6) is 0 Å². The van der Waals surface area contributed by atoms with E-state index in [0.29, 0.717) is 12.1 Å². The summed E-state index contributed by atoms with van der Waals surface area (Å²) >= 11 is 0.763. The second-order valence-corrected chi connectivity index (χ2v) is 7.36. The van der Waals surface area contributed by atoms with Crippen molar-refractivity contribution in [2.24, 2.45) is 0 Å². The second-order valence-electron chi connectivity index (χ2n) is 6.37. The monoisotopic (exact) mass is 424 g/mol. The first-order valence-corrected chi connectivity index (χ1v) is 9.08. The molecule has 0 spiro atoms. The summed E-state index contributed by atoms with van der Waals surface area (Å²) < 4.78 is 38.8. The number of non-ortho nitro benzene ring substituents is 1. The van der Waals surface area contributed by atoms with Gasteiger partial charge in [-0.2, -0.15) is 18.2 Å². The molecule has 0 radical (unpaired) electrons. The molecule has 3 aromatic rings. The Morgan fingerprint density at radius 1 is 1.21 bits per heavy atom. The van der Waals surface area contributed by atoms with E-state index in [9.17, 15) is 28.1 Å². The molecule has 1 heterocycles. The smallest absolute Gasteiger partial charge is 0.378 e. The molecule has 0 saturated carbocycles. The van der Waals surface area contributed by atoms with Gasteiger partial charge in [-0.05, 0) is 23.8 Å². The molecule has 0 amide bonds. The van der Waals surface area contributed by atoms with Crippen molar-refractivity contribution in [3.05, 3.63) is 68.0 Å². The lowest BCUT2D eigenvalue weighted by Gasteiger charge is -2.13. The number of halogens is 3. The Bertz CT molecular complexity index is 1130. The minimum absolute atomic E-state index is 0.0852. The van der Waals surface area contributed by atoms with Gasteiger partial charge in [-0.1, -0.05) is 23.5 Å². The van der Waals surface area contributed by atoms with Gasteiger partial charge in [-0.25, -0.2) is 0 Å². The maximum atomic E-state index is 13.0. The van der Waals surface area contributed by atoms with Crippen LogP contribution in [0.1, 0.15) is 11.1 Å². The fourth-order valence-corrected chi connectivity index (χ4v) is 3.58. The van der Waals surface area contributed by atoms with E-state index in [1.54, 1.807) is 0 Å². The SMILES string of the molecule is CN(C)c1ccc(CNc2nc(=O)c3cc(C(F)(F)F)cc([N+](=O)[O-])c3s2)cc1. The molecule has 2 aromatic carbocycles. The van der Waals surface area contributed by atoms with Crippen LogP contribution >= 0.6 is 11.3 Å². The molecule has 7 nitrogen and oxygen atoms in total. The van der Waals surface area contributed by atoms with E-state index in [1.165, 1.54) is 0 Å². The first-order chi connectivity index (χ1) is 13.6. The van der Waals surface area contributed by atoms with Gasteiger partial charge in [0, 0.05) is 32.4 Å². The number of fused-ring (bicyclic) bond motifs is 1. The quantitative estimate of drug-likeness (QED) is 0.486. The number of nitrogens with one attached hydrogen (secondary N) is 1. The lowest BCUT2D eigenvalue weighted by atomic mass is 10.1. The predicted octanol–water partition coefficient (Wildman–Crippen LogP) is 4.26. The third kappa shape index (κ3) is 4.45. The fraction of sp³-hybridized carbons (Fsp3) is 0.222. The average Bonchev–Trinajstić information content (AvgIpc) is 2.65. The van der Waals surface area contributed by atoms with Gasteiger partial charge < -0.3 is 10.2 Å². The summed E-state index contributed by atoms with van der Waals surface area (Å²) in [4.78, 5) is 28.3. The standard InChI is InChI=1S/C18H15F3N4O3S/c1-24(2)12-5-3-10(4-6-12)9-22-17-23-16(26)13-7-11(18(19,20)21)8-14(25(27)28)15(13)29-17/h3-8H,9H2,1-2H3,(H,22,23,26). The number of aromatic nitrogens is 1. The van der Waals surface area contributed by atoms with Crippen molar-refractivity contribution in [1.82, 2.24) is 4.98 Å². The van der Waals surface area contributed by atoms with Crippen molar-refractivity contribution in [2.45, 2.75) is 12.7 Å². The van der Waals surface area contributed by atoms with Crippen LogP contribution in [0.4, 0.5) is 29.7 Å². The normalized spacial score (nSPS) is 11.5. The Labute approximate surface area is 166 Å². The number of nitrogens with zero attached hydrogens (tertiary/aromatic N) is 3. The molecule has 29 heavy (non-hydrogen) atoms. The first-order valence-electron chi connectivity index (χ1n) is 8.27. The fourth-order valence-electron chi connectivity index (χ4n) is 2.62. The van der Waals surface area contributed by atoms with Gasteiger partial charge in [0.15, 0.2) is 5.13 Å². The lowest BCUT2D eigenvalue weighted by molar-refractivity contribution is -0.383. The van der Waals surface area contributed by atoms with Crippen LogP contribution in [0.2, 0.25) is 0 Å². The number of benzene rings is 2. The zero-order valence-electron chi connectivity index (χ0n) is 15.3. The second kappa shape index (κ2) is 7.66. The highest BCUT2D eigenvalue weighted by molar-refractivity contribution is 7.22. The molecular formula is C18H15F3N4O3S.